The third-order valence-corrected chi connectivity index (χ3v) is 5.13. The highest BCUT2D eigenvalue weighted by atomic mass is 16.2. The average molecular weight is 337 g/mol. The second-order valence-electron chi connectivity index (χ2n) is 6.82. The van der Waals surface area contributed by atoms with Crippen LogP contribution in [0.1, 0.15) is 47.7 Å². The largest absolute Gasteiger partial charge is 0.357 e. The summed E-state index contributed by atoms with van der Waals surface area (Å²) in [6.45, 7) is 3.57. The third kappa shape index (κ3) is 3.48. The maximum atomic E-state index is 13.0. The van der Waals surface area contributed by atoms with E-state index in [4.69, 9.17) is 0 Å². The van der Waals surface area contributed by atoms with Crippen LogP contribution in [0.25, 0.3) is 0 Å². The van der Waals surface area contributed by atoms with Gasteiger partial charge in [-0.3, -0.25) is 14.8 Å². The Labute approximate surface area is 147 Å². The number of anilines is 1. The van der Waals surface area contributed by atoms with E-state index in [0.29, 0.717) is 6.54 Å². The lowest BCUT2D eigenvalue weighted by Crippen LogP contribution is -2.39. The maximum Gasteiger partial charge on any atom is 0.254 e. The minimum absolute atomic E-state index is 0.0939. The van der Waals surface area contributed by atoms with Crippen LogP contribution >= 0.6 is 0 Å². The molecule has 2 aliphatic heterocycles. The molecule has 1 amide bonds. The Kier molecular flexibility index (Phi) is 4.59. The van der Waals surface area contributed by atoms with Gasteiger partial charge in [-0.05, 0) is 37.8 Å². The molecule has 4 rings (SSSR count). The van der Waals surface area contributed by atoms with Gasteiger partial charge in [0.1, 0.15) is 5.82 Å². The second-order valence-corrected chi connectivity index (χ2v) is 6.82. The Balaban J connectivity index is 1.49. The molecule has 25 heavy (non-hydrogen) atoms. The van der Waals surface area contributed by atoms with E-state index in [2.05, 4.69) is 19.9 Å². The van der Waals surface area contributed by atoms with Crippen LogP contribution in [-0.4, -0.2) is 51.9 Å². The van der Waals surface area contributed by atoms with Crippen molar-refractivity contribution in [2.75, 3.05) is 31.1 Å². The molecule has 2 saturated heterocycles. The van der Waals surface area contributed by atoms with Crippen LogP contribution in [0.4, 0.5) is 5.82 Å². The standard InChI is InChI=1S/C19H23N5O/c25-19(15-5-6-22-18(12-15)23-9-1-2-10-23)24-11-3-4-16(14-24)17-13-20-7-8-21-17/h5-8,12-13,16H,1-4,9-11,14H2/t16-/m1/s1. The summed E-state index contributed by atoms with van der Waals surface area (Å²) in [5.41, 5.74) is 1.71. The van der Waals surface area contributed by atoms with Crippen molar-refractivity contribution in [3.63, 3.8) is 0 Å². The summed E-state index contributed by atoms with van der Waals surface area (Å²) in [7, 11) is 0. The van der Waals surface area contributed by atoms with Crippen molar-refractivity contribution in [2.45, 2.75) is 31.6 Å². The van der Waals surface area contributed by atoms with Crippen molar-refractivity contribution in [1.82, 2.24) is 19.9 Å². The van der Waals surface area contributed by atoms with Crippen molar-refractivity contribution in [1.29, 1.82) is 0 Å². The van der Waals surface area contributed by atoms with Gasteiger partial charge in [0.25, 0.3) is 5.91 Å². The van der Waals surface area contributed by atoms with Gasteiger partial charge in [0.2, 0.25) is 0 Å². The zero-order chi connectivity index (χ0) is 17.1. The number of aromatic nitrogens is 3. The Bertz CT molecular complexity index is 730. The van der Waals surface area contributed by atoms with Gasteiger partial charge in [0, 0.05) is 62.4 Å². The summed E-state index contributed by atoms with van der Waals surface area (Å²) in [6, 6.07) is 3.77. The quantitative estimate of drug-likeness (QED) is 0.861. The first-order valence-electron chi connectivity index (χ1n) is 9.07. The summed E-state index contributed by atoms with van der Waals surface area (Å²) in [4.78, 5) is 30.2. The molecule has 0 spiro atoms. The predicted octanol–water partition coefficient (Wildman–Crippen LogP) is 2.49. The number of carbonyl (C=O) groups is 1. The van der Waals surface area contributed by atoms with E-state index in [1.807, 2.05) is 23.2 Å². The SMILES string of the molecule is O=C(c1ccnc(N2CCCC2)c1)N1CCC[C@@H](c2cnccn2)C1. The maximum absolute atomic E-state index is 13.0. The van der Waals surface area contributed by atoms with E-state index in [0.717, 1.165) is 49.6 Å². The number of hydrogen-bond donors (Lipinski definition) is 0. The number of carbonyl (C=O) groups excluding carboxylic acids is 1. The highest BCUT2D eigenvalue weighted by Crippen LogP contribution is 2.26. The number of amides is 1. The first-order valence-corrected chi connectivity index (χ1v) is 9.07. The molecule has 0 aromatic carbocycles. The number of rotatable bonds is 3. The number of pyridine rings is 1. The zero-order valence-corrected chi connectivity index (χ0v) is 14.3. The van der Waals surface area contributed by atoms with Crippen molar-refractivity contribution < 1.29 is 4.79 Å². The highest BCUT2D eigenvalue weighted by molar-refractivity contribution is 5.95. The molecule has 2 aromatic rings. The average Bonchev–Trinajstić information content (AvgIpc) is 3.23. The van der Waals surface area contributed by atoms with Gasteiger partial charge in [0.15, 0.2) is 0 Å². The molecule has 4 heterocycles. The summed E-state index contributed by atoms with van der Waals surface area (Å²) >= 11 is 0. The van der Waals surface area contributed by atoms with E-state index in [1.165, 1.54) is 12.8 Å². The molecule has 2 aliphatic rings. The third-order valence-electron chi connectivity index (χ3n) is 5.13. The first-order chi connectivity index (χ1) is 12.3. The summed E-state index contributed by atoms with van der Waals surface area (Å²) in [6.07, 6.45) is 11.4. The van der Waals surface area contributed by atoms with Gasteiger partial charge < -0.3 is 9.80 Å². The van der Waals surface area contributed by atoms with E-state index in [1.54, 1.807) is 18.6 Å². The zero-order valence-electron chi connectivity index (χ0n) is 14.3. The van der Waals surface area contributed by atoms with Crippen LogP contribution in [0.3, 0.4) is 0 Å². The molecule has 0 saturated carbocycles. The molecule has 0 bridgehead atoms. The predicted molar refractivity (Wildman–Crippen MR) is 95.6 cm³/mol. The fourth-order valence-electron chi connectivity index (χ4n) is 3.78. The van der Waals surface area contributed by atoms with Crippen LogP contribution in [0.5, 0.6) is 0 Å². The van der Waals surface area contributed by atoms with Gasteiger partial charge in [0.05, 0.1) is 5.69 Å². The topological polar surface area (TPSA) is 62.2 Å². The van der Waals surface area contributed by atoms with Gasteiger partial charge in [-0.15, -0.1) is 0 Å². The summed E-state index contributed by atoms with van der Waals surface area (Å²) in [5.74, 6) is 1.29. The highest BCUT2D eigenvalue weighted by Gasteiger charge is 2.27. The molecular formula is C19H23N5O. The normalized spacial score (nSPS) is 20.7. The smallest absolute Gasteiger partial charge is 0.254 e. The Morgan fingerprint density at radius 2 is 1.92 bits per heavy atom. The van der Waals surface area contributed by atoms with E-state index in [9.17, 15) is 4.79 Å². The molecule has 0 N–H and O–H groups in total. The Morgan fingerprint density at radius 1 is 1.04 bits per heavy atom. The van der Waals surface area contributed by atoms with Crippen molar-refractivity contribution in [3.05, 3.63) is 48.2 Å². The molecule has 0 unspecified atom stereocenters. The molecule has 2 aromatic heterocycles. The molecule has 1 atom stereocenters. The van der Waals surface area contributed by atoms with Crippen molar-refractivity contribution in [3.8, 4) is 0 Å². The van der Waals surface area contributed by atoms with Gasteiger partial charge in [-0.1, -0.05) is 0 Å². The first kappa shape index (κ1) is 16.0. The van der Waals surface area contributed by atoms with Crippen LogP contribution in [-0.2, 0) is 0 Å². The van der Waals surface area contributed by atoms with Crippen molar-refractivity contribution in [2.24, 2.45) is 0 Å². The molecule has 0 radical (unpaired) electrons. The minimum Gasteiger partial charge on any atom is -0.357 e. The molecule has 2 fully saturated rings. The van der Waals surface area contributed by atoms with Gasteiger partial charge >= 0.3 is 0 Å². The van der Waals surface area contributed by atoms with Crippen LogP contribution < -0.4 is 4.90 Å². The van der Waals surface area contributed by atoms with Crippen molar-refractivity contribution >= 4 is 11.7 Å². The summed E-state index contributed by atoms with van der Waals surface area (Å²) in [5, 5.41) is 0. The number of likely N-dealkylation sites (tertiary alicyclic amines) is 1. The number of piperidine rings is 1. The molecular weight excluding hydrogens is 314 g/mol. The van der Waals surface area contributed by atoms with E-state index >= 15 is 0 Å². The molecule has 6 heteroatoms. The monoisotopic (exact) mass is 337 g/mol. The Hall–Kier alpha value is -2.50. The minimum atomic E-state index is 0.0939. The van der Waals surface area contributed by atoms with Crippen LogP contribution in [0.2, 0.25) is 0 Å². The fraction of sp³-hybridized carbons (Fsp3) is 0.474. The molecule has 0 aliphatic carbocycles. The lowest BCUT2D eigenvalue weighted by atomic mass is 9.94. The van der Waals surface area contributed by atoms with Crippen LogP contribution in [0, 0.1) is 0 Å². The molecule has 6 nitrogen and oxygen atoms in total. The van der Waals surface area contributed by atoms with E-state index < -0.39 is 0 Å². The van der Waals surface area contributed by atoms with Crippen LogP contribution in [0.15, 0.2) is 36.9 Å². The Morgan fingerprint density at radius 3 is 2.72 bits per heavy atom. The lowest BCUT2D eigenvalue weighted by molar-refractivity contribution is 0.0705. The van der Waals surface area contributed by atoms with E-state index in [-0.39, 0.29) is 11.8 Å². The lowest BCUT2D eigenvalue weighted by Gasteiger charge is -2.32. The number of nitrogens with zero attached hydrogens (tertiary/aromatic N) is 5. The molecule has 130 valence electrons. The van der Waals surface area contributed by atoms with Gasteiger partial charge in [-0.25, -0.2) is 4.98 Å². The number of hydrogen-bond acceptors (Lipinski definition) is 5. The van der Waals surface area contributed by atoms with Gasteiger partial charge in [-0.2, -0.15) is 0 Å². The summed E-state index contributed by atoms with van der Waals surface area (Å²) < 4.78 is 0. The fourth-order valence-corrected chi connectivity index (χ4v) is 3.78. The second kappa shape index (κ2) is 7.17.